The number of carbonyl (C=O) groups is 1. The van der Waals surface area contributed by atoms with Gasteiger partial charge in [0, 0.05) is 10.9 Å². The van der Waals surface area contributed by atoms with Gasteiger partial charge in [0.25, 0.3) is 5.91 Å². The van der Waals surface area contributed by atoms with Gasteiger partial charge in [-0.1, -0.05) is 56.3 Å². The van der Waals surface area contributed by atoms with Gasteiger partial charge < -0.3 is 9.47 Å². The minimum atomic E-state index is -0.307. The number of methoxy groups -OCH3 is 1. The van der Waals surface area contributed by atoms with Crippen LogP contribution < -0.4 is 14.9 Å². The summed E-state index contributed by atoms with van der Waals surface area (Å²) in [6.07, 6.45) is 2.64. The molecular weight excluding hydrogens is 364 g/mol. The first kappa shape index (κ1) is 20.4. The van der Waals surface area contributed by atoms with Gasteiger partial charge in [-0.15, -0.1) is 0 Å². The third-order valence-corrected chi connectivity index (χ3v) is 4.95. The number of hydrazone groups is 1. The van der Waals surface area contributed by atoms with Crippen molar-refractivity contribution >= 4 is 22.9 Å². The van der Waals surface area contributed by atoms with E-state index in [4.69, 9.17) is 9.47 Å². The number of nitrogens with one attached hydrogen (secondary N) is 1. The Balaban J connectivity index is 1.64. The predicted molar refractivity (Wildman–Crippen MR) is 117 cm³/mol. The summed E-state index contributed by atoms with van der Waals surface area (Å²) in [5.74, 6) is 1.60. The maximum absolute atomic E-state index is 12.2. The number of hydrogen-bond acceptors (Lipinski definition) is 4. The number of para-hydroxylation sites is 1. The second-order valence-corrected chi connectivity index (χ2v) is 6.83. The zero-order valence-electron chi connectivity index (χ0n) is 17.0. The Morgan fingerprint density at radius 3 is 2.52 bits per heavy atom. The fraction of sp³-hybridized carbons (Fsp3) is 0.250. The molecule has 0 aromatic heterocycles. The average molecular weight is 390 g/mol. The Hall–Kier alpha value is -3.34. The van der Waals surface area contributed by atoms with Crippen molar-refractivity contribution in [3.05, 3.63) is 71.8 Å². The van der Waals surface area contributed by atoms with Crippen molar-refractivity contribution in [2.24, 2.45) is 5.10 Å². The molecule has 5 nitrogen and oxygen atoms in total. The van der Waals surface area contributed by atoms with E-state index in [1.54, 1.807) is 13.3 Å². The standard InChI is InChI=1S/C24H26N2O3/c1-4-17(2)19-9-7-8-12-23(19)29-16-24(27)26-25-15-18-13-14-22(28-3)21-11-6-5-10-20(18)21/h5-15,17H,4,16H2,1-3H3,(H,26,27). The zero-order valence-corrected chi connectivity index (χ0v) is 17.0. The third-order valence-electron chi connectivity index (χ3n) is 4.95. The number of carbonyl (C=O) groups excluding carboxylic acids is 1. The molecule has 1 N–H and O–H groups in total. The molecule has 0 aliphatic carbocycles. The molecule has 3 aromatic carbocycles. The van der Waals surface area contributed by atoms with Gasteiger partial charge in [-0.3, -0.25) is 4.79 Å². The van der Waals surface area contributed by atoms with Crippen LogP contribution in [0.15, 0.2) is 65.8 Å². The van der Waals surface area contributed by atoms with Crippen molar-refractivity contribution in [2.75, 3.05) is 13.7 Å². The first-order valence-corrected chi connectivity index (χ1v) is 9.73. The first-order valence-electron chi connectivity index (χ1n) is 9.73. The number of hydrogen-bond donors (Lipinski definition) is 1. The van der Waals surface area contributed by atoms with Crippen LogP contribution in [0.4, 0.5) is 0 Å². The monoisotopic (exact) mass is 390 g/mol. The van der Waals surface area contributed by atoms with Crippen molar-refractivity contribution in [1.29, 1.82) is 0 Å². The van der Waals surface area contributed by atoms with E-state index in [1.165, 1.54) is 0 Å². The summed E-state index contributed by atoms with van der Waals surface area (Å²) in [6.45, 7) is 4.19. The maximum atomic E-state index is 12.2. The molecule has 0 saturated heterocycles. The average Bonchev–Trinajstić information content (AvgIpc) is 2.77. The molecule has 0 spiro atoms. The van der Waals surface area contributed by atoms with Gasteiger partial charge in [0.05, 0.1) is 13.3 Å². The summed E-state index contributed by atoms with van der Waals surface area (Å²) in [7, 11) is 1.65. The Labute approximate surface area is 171 Å². The lowest BCUT2D eigenvalue weighted by Gasteiger charge is -2.15. The van der Waals surface area contributed by atoms with Gasteiger partial charge in [0.15, 0.2) is 6.61 Å². The van der Waals surface area contributed by atoms with Crippen LogP contribution in [0, 0.1) is 0 Å². The molecule has 0 saturated carbocycles. The van der Waals surface area contributed by atoms with Crippen LogP contribution in [0.3, 0.4) is 0 Å². The fourth-order valence-corrected chi connectivity index (χ4v) is 3.17. The topological polar surface area (TPSA) is 59.9 Å². The molecule has 150 valence electrons. The van der Waals surface area contributed by atoms with Crippen LogP contribution in [-0.4, -0.2) is 25.8 Å². The van der Waals surface area contributed by atoms with Crippen LogP contribution in [-0.2, 0) is 4.79 Å². The second kappa shape index (κ2) is 9.73. The SMILES string of the molecule is CCC(C)c1ccccc1OCC(=O)NN=Cc1ccc(OC)c2ccccc12. The van der Waals surface area contributed by atoms with E-state index in [9.17, 15) is 4.79 Å². The summed E-state index contributed by atoms with van der Waals surface area (Å²) in [5, 5.41) is 6.09. The second-order valence-electron chi connectivity index (χ2n) is 6.83. The van der Waals surface area contributed by atoms with Gasteiger partial charge in [-0.2, -0.15) is 5.10 Å². The Morgan fingerprint density at radius 1 is 1.03 bits per heavy atom. The van der Waals surface area contributed by atoms with Crippen LogP contribution in [0.25, 0.3) is 10.8 Å². The van der Waals surface area contributed by atoms with E-state index in [1.807, 2.05) is 60.7 Å². The van der Waals surface area contributed by atoms with E-state index in [0.717, 1.165) is 39.8 Å². The Morgan fingerprint density at radius 2 is 1.76 bits per heavy atom. The quantitative estimate of drug-likeness (QED) is 0.440. The number of benzene rings is 3. The van der Waals surface area contributed by atoms with Crippen molar-refractivity contribution in [2.45, 2.75) is 26.2 Å². The van der Waals surface area contributed by atoms with E-state index in [2.05, 4.69) is 24.4 Å². The summed E-state index contributed by atoms with van der Waals surface area (Å²) in [5.41, 5.74) is 4.53. The Kier molecular flexibility index (Phi) is 6.85. The molecule has 29 heavy (non-hydrogen) atoms. The highest BCUT2D eigenvalue weighted by Crippen LogP contribution is 2.28. The molecule has 1 unspecified atom stereocenters. The maximum Gasteiger partial charge on any atom is 0.277 e. The molecule has 1 atom stereocenters. The van der Waals surface area contributed by atoms with Crippen molar-refractivity contribution < 1.29 is 14.3 Å². The molecule has 0 aliphatic rings. The summed E-state index contributed by atoms with van der Waals surface area (Å²) in [4.78, 5) is 12.2. The number of ether oxygens (including phenoxy) is 2. The molecule has 0 radical (unpaired) electrons. The van der Waals surface area contributed by atoms with Gasteiger partial charge in [0.1, 0.15) is 11.5 Å². The molecule has 0 fully saturated rings. The third kappa shape index (κ3) is 4.93. The largest absolute Gasteiger partial charge is 0.496 e. The highest BCUT2D eigenvalue weighted by Gasteiger charge is 2.11. The van der Waals surface area contributed by atoms with Gasteiger partial charge in [0.2, 0.25) is 0 Å². The van der Waals surface area contributed by atoms with Crippen molar-refractivity contribution in [3.8, 4) is 11.5 Å². The van der Waals surface area contributed by atoms with Crippen LogP contribution in [0.2, 0.25) is 0 Å². The van der Waals surface area contributed by atoms with Gasteiger partial charge >= 0.3 is 0 Å². The molecule has 5 heteroatoms. The minimum Gasteiger partial charge on any atom is -0.496 e. The lowest BCUT2D eigenvalue weighted by Crippen LogP contribution is -2.25. The number of rotatable bonds is 8. The first-order chi connectivity index (χ1) is 14.1. The molecular formula is C24H26N2O3. The zero-order chi connectivity index (χ0) is 20.6. The highest BCUT2D eigenvalue weighted by molar-refractivity contribution is 6.02. The van der Waals surface area contributed by atoms with E-state index in [0.29, 0.717) is 5.92 Å². The van der Waals surface area contributed by atoms with E-state index < -0.39 is 0 Å². The fourth-order valence-electron chi connectivity index (χ4n) is 3.17. The smallest absolute Gasteiger partial charge is 0.277 e. The predicted octanol–water partition coefficient (Wildman–Crippen LogP) is 4.89. The normalized spacial score (nSPS) is 12.1. The van der Waals surface area contributed by atoms with E-state index >= 15 is 0 Å². The number of amides is 1. The van der Waals surface area contributed by atoms with E-state index in [-0.39, 0.29) is 12.5 Å². The lowest BCUT2D eigenvalue weighted by molar-refractivity contribution is -0.123. The molecule has 0 bridgehead atoms. The van der Waals surface area contributed by atoms with Crippen molar-refractivity contribution in [3.63, 3.8) is 0 Å². The number of nitrogens with zero attached hydrogens (tertiary/aromatic N) is 1. The molecule has 0 aliphatic heterocycles. The number of fused-ring (bicyclic) bond motifs is 1. The highest BCUT2D eigenvalue weighted by atomic mass is 16.5. The van der Waals surface area contributed by atoms with Crippen LogP contribution in [0.1, 0.15) is 37.3 Å². The molecule has 0 heterocycles. The summed E-state index contributed by atoms with van der Waals surface area (Å²) < 4.78 is 11.1. The molecule has 3 aromatic rings. The van der Waals surface area contributed by atoms with Gasteiger partial charge in [-0.25, -0.2) is 5.43 Å². The van der Waals surface area contributed by atoms with Crippen molar-refractivity contribution in [1.82, 2.24) is 5.43 Å². The summed E-state index contributed by atoms with van der Waals surface area (Å²) >= 11 is 0. The lowest BCUT2D eigenvalue weighted by atomic mass is 9.98. The minimum absolute atomic E-state index is 0.0891. The van der Waals surface area contributed by atoms with Crippen LogP contribution >= 0.6 is 0 Å². The Bertz CT molecular complexity index is 1010. The molecule has 1 amide bonds. The molecule has 3 rings (SSSR count). The summed E-state index contributed by atoms with van der Waals surface area (Å²) in [6, 6.07) is 19.5. The van der Waals surface area contributed by atoms with Gasteiger partial charge in [-0.05, 0) is 41.5 Å². The van der Waals surface area contributed by atoms with Crippen LogP contribution in [0.5, 0.6) is 11.5 Å².